The normalized spacial score (nSPS) is 17.2. The van der Waals surface area contributed by atoms with Crippen LogP contribution in [0.25, 0.3) is 0 Å². The summed E-state index contributed by atoms with van der Waals surface area (Å²) in [6, 6.07) is 13.5. The third-order valence-electron chi connectivity index (χ3n) is 5.31. The summed E-state index contributed by atoms with van der Waals surface area (Å²) in [6.45, 7) is 2.92. The highest BCUT2D eigenvalue weighted by atomic mass is 35.5. The maximum absolute atomic E-state index is 12.7. The van der Waals surface area contributed by atoms with Crippen LogP contribution < -0.4 is 5.32 Å². The Hall–Kier alpha value is -1.41. The van der Waals surface area contributed by atoms with Crippen molar-refractivity contribution in [2.45, 2.75) is 49.3 Å². The van der Waals surface area contributed by atoms with Crippen LogP contribution in [0.3, 0.4) is 0 Å². The molecule has 0 bridgehead atoms. The number of carbonyl (C=O) groups excluding carboxylic acids is 1. The van der Waals surface area contributed by atoms with E-state index in [0.29, 0.717) is 36.7 Å². The molecule has 1 amide bonds. The predicted molar refractivity (Wildman–Crippen MR) is 118 cm³/mol. The van der Waals surface area contributed by atoms with Gasteiger partial charge in [-0.15, -0.1) is 11.3 Å². The lowest BCUT2D eigenvalue weighted by Gasteiger charge is -2.30. The van der Waals surface area contributed by atoms with E-state index < -0.39 is 10.0 Å². The van der Waals surface area contributed by atoms with Crippen LogP contribution in [0, 0.1) is 5.92 Å². The molecule has 0 unspecified atom stereocenters. The van der Waals surface area contributed by atoms with Gasteiger partial charge in [-0.1, -0.05) is 41.9 Å². The summed E-state index contributed by atoms with van der Waals surface area (Å²) < 4.78 is 27.6. The molecule has 1 saturated heterocycles. The zero-order chi connectivity index (χ0) is 20.9. The number of benzene rings is 1. The van der Waals surface area contributed by atoms with Crippen molar-refractivity contribution < 1.29 is 13.2 Å². The smallest absolute Gasteiger partial charge is 0.252 e. The van der Waals surface area contributed by atoms with Crippen LogP contribution in [0.1, 0.15) is 38.2 Å². The van der Waals surface area contributed by atoms with Gasteiger partial charge in [0, 0.05) is 25.6 Å². The molecule has 1 aliphatic rings. The van der Waals surface area contributed by atoms with E-state index >= 15 is 0 Å². The molecule has 1 aromatic carbocycles. The number of carbonyl (C=O) groups is 1. The van der Waals surface area contributed by atoms with Gasteiger partial charge >= 0.3 is 0 Å². The molecule has 1 fully saturated rings. The van der Waals surface area contributed by atoms with Crippen LogP contribution in [0.5, 0.6) is 0 Å². The Morgan fingerprint density at radius 2 is 1.90 bits per heavy atom. The van der Waals surface area contributed by atoms with Crippen LogP contribution in [0.15, 0.2) is 46.7 Å². The van der Waals surface area contributed by atoms with Crippen LogP contribution in [0.2, 0.25) is 4.34 Å². The summed E-state index contributed by atoms with van der Waals surface area (Å²) in [5, 5.41) is 3.08. The average molecular weight is 455 g/mol. The van der Waals surface area contributed by atoms with Gasteiger partial charge in [0.15, 0.2) is 0 Å². The Morgan fingerprint density at radius 3 is 2.52 bits per heavy atom. The Labute approximate surface area is 182 Å². The van der Waals surface area contributed by atoms with Crippen molar-refractivity contribution in [1.82, 2.24) is 9.62 Å². The van der Waals surface area contributed by atoms with Gasteiger partial charge in [0.1, 0.15) is 4.21 Å². The third-order valence-corrected chi connectivity index (χ3v) is 8.90. The van der Waals surface area contributed by atoms with E-state index in [1.54, 1.807) is 12.1 Å². The predicted octanol–water partition coefficient (Wildman–Crippen LogP) is 4.33. The second kappa shape index (κ2) is 10.1. The number of thiophene rings is 1. The molecule has 8 heteroatoms. The molecule has 0 saturated carbocycles. The molecular weight excluding hydrogens is 428 g/mol. The number of aryl methyl sites for hydroxylation is 1. The van der Waals surface area contributed by atoms with Crippen molar-refractivity contribution >= 4 is 38.9 Å². The minimum Gasteiger partial charge on any atom is -0.354 e. The first kappa shape index (κ1) is 22.3. The van der Waals surface area contributed by atoms with Crippen LogP contribution >= 0.6 is 22.9 Å². The molecule has 3 rings (SSSR count). The number of hydrogen-bond donors (Lipinski definition) is 1. The second-order valence-corrected chi connectivity index (χ2v) is 11.5. The van der Waals surface area contributed by atoms with E-state index in [-0.39, 0.29) is 22.1 Å². The van der Waals surface area contributed by atoms with E-state index in [1.807, 2.05) is 25.1 Å². The fourth-order valence-electron chi connectivity index (χ4n) is 3.61. The molecule has 1 aromatic heterocycles. The van der Waals surface area contributed by atoms with Crippen LogP contribution in [-0.4, -0.2) is 37.8 Å². The minimum absolute atomic E-state index is 0.0527. The maximum atomic E-state index is 12.7. The molecular formula is C21H27ClN2O3S2. The molecule has 2 heterocycles. The van der Waals surface area contributed by atoms with Gasteiger partial charge in [0.2, 0.25) is 5.91 Å². The Kier molecular flexibility index (Phi) is 7.73. The zero-order valence-electron chi connectivity index (χ0n) is 16.5. The Bertz CT molecular complexity index is 907. The van der Waals surface area contributed by atoms with Crippen molar-refractivity contribution in [2.75, 3.05) is 13.1 Å². The lowest BCUT2D eigenvalue weighted by molar-refractivity contribution is -0.122. The fraction of sp³-hybridized carbons (Fsp3) is 0.476. The number of amides is 1. The highest BCUT2D eigenvalue weighted by Crippen LogP contribution is 2.31. The van der Waals surface area contributed by atoms with Crippen molar-refractivity contribution in [3.8, 4) is 0 Å². The number of halogens is 1. The van der Waals surface area contributed by atoms with Crippen LogP contribution in [-0.2, 0) is 21.2 Å². The van der Waals surface area contributed by atoms with Crippen molar-refractivity contribution in [3.05, 3.63) is 52.4 Å². The molecule has 1 N–H and O–H groups in total. The number of sulfonamides is 1. The molecule has 1 atom stereocenters. The van der Waals surface area contributed by atoms with E-state index in [2.05, 4.69) is 17.4 Å². The monoisotopic (exact) mass is 454 g/mol. The first-order valence-corrected chi connectivity index (χ1v) is 12.6. The Balaban J connectivity index is 1.41. The van der Waals surface area contributed by atoms with Crippen molar-refractivity contribution in [2.24, 2.45) is 5.92 Å². The van der Waals surface area contributed by atoms with Crippen molar-refractivity contribution in [3.63, 3.8) is 0 Å². The minimum atomic E-state index is -3.48. The van der Waals surface area contributed by atoms with E-state index in [0.717, 1.165) is 24.2 Å². The van der Waals surface area contributed by atoms with Gasteiger partial charge in [0.05, 0.1) is 4.34 Å². The lowest BCUT2D eigenvalue weighted by atomic mass is 9.94. The largest absolute Gasteiger partial charge is 0.354 e. The van der Waals surface area contributed by atoms with Gasteiger partial charge in [-0.05, 0) is 56.2 Å². The van der Waals surface area contributed by atoms with Gasteiger partial charge < -0.3 is 5.32 Å². The molecule has 2 aromatic rings. The molecule has 158 valence electrons. The highest BCUT2D eigenvalue weighted by molar-refractivity contribution is 7.91. The van der Waals surface area contributed by atoms with Gasteiger partial charge in [-0.25, -0.2) is 8.42 Å². The summed E-state index contributed by atoms with van der Waals surface area (Å²) in [7, 11) is -3.48. The standard InChI is InChI=1S/C21H27ClN2O3S2/c1-16(7-8-17-5-3-2-4-6-17)23-20(25)15-18-11-13-24(14-12-18)29(26,27)21-10-9-19(22)28-21/h2-6,9-10,16,18H,7-8,11-15H2,1H3,(H,23,25)/t16-/m1/s1. The fourth-order valence-corrected chi connectivity index (χ4v) is 6.72. The SMILES string of the molecule is C[C@H](CCc1ccccc1)NC(=O)CC1CCN(S(=O)(=O)c2ccc(Cl)s2)CC1. The average Bonchev–Trinajstić information content (AvgIpc) is 3.15. The van der Waals surface area contributed by atoms with Crippen LogP contribution in [0.4, 0.5) is 0 Å². The second-order valence-electron chi connectivity index (χ2n) is 7.60. The van der Waals surface area contributed by atoms with E-state index in [1.165, 1.54) is 9.87 Å². The first-order valence-electron chi connectivity index (χ1n) is 9.93. The molecule has 5 nitrogen and oxygen atoms in total. The number of nitrogens with zero attached hydrogens (tertiary/aromatic N) is 1. The molecule has 1 aliphatic heterocycles. The molecule has 0 spiro atoms. The topological polar surface area (TPSA) is 66.5 Å². The maximum Gasteiger partial charge on any atom is 0.252 e. The zero-order valence-corrected chi connectivity index (χ0v) is 18.9. The summed E-state index contributed by atoms with van der Waals surface area (Å²) >= 11 is 6.96. The quantitative estimate of drug-likeness (QED) is 0.645. The van der Waals surface area contributed by atoms with E-state index in [4.69, 9.17) is 11.6 Å². The number of nitrogens with one attached hydrogen (secondary N) is 1. The van der Waals surface area contributed by atoms with E-state index in [9.17, 15) is 13.2 Å². The third kappa shape index (κ3) is 6.28. The molecule has 0 aliphatic carbocycles. The number of rotatable bonds is 8. The summed E-state index contributed by atoms with van der Waals surface area (Å²) in [5.41, 5.74) is 1.27. The highest BCUT2D eigenvalue weighted by Gasteiger charge is 2.31. The molecule has 0 radical (unpaired) electrons. The number of hydrogen-bond acceptors (Lipinski definition) is 4. The summed E-state index contributed by atoms with van der Waals surface area (Å²) in [5.74, 6) is 0.270. The van der Waals surface area contributed by atoms with Gasteiger partial charge in [0.25, 0.3) is 10.0 Å². The van der Waals surface area contributed by atoms with Gasteiger partial charge in [-0.3, -0.25) is 4.79 Å². The molecule has 29 heavy (non-hydrogen) atoms. The van der Waals surface area contributed by atoms with Crippen molar-refractivity contribution in [1.29, 1.82) is 0 Å². The number of piperidine rings is 1. The summed E-state index contributed by atoms with van der Waals surface area (Å²) in [6.07, 6.45) is 3.68. The Morgan fingerprint density at radius 1 is 1.21 bits per heavy atom. The lowest BCUT2D eigenvalue weighted by Crippen LogP contribution is -2.40. The first-order chi connectivity index (χ1) is 13.8. The van der Waals surface area contributed by atoms with Gasteiger partial charge in [-0.2, -0.15) is 4.31 Å². The summed E-state index contributed by atoms with van der Waals surface area (Å²) in [4.78, 5) is 12.4.